The number of nitro benzene ring substituents is 1. The summed E-state index contributed by atoms with van der Waals surface area (Å²) in [7, 11) is 0. The van der Waals surface area contributed by atoms with Crippen molar-refractivity contribution in [2.45, 2.75) is 39.2 Å². The SMILES string of the molecule is CCCC(CC)Nc1ccc(Br)cc1[N+](=O)[O-]. The highest BCUT2D eigenvalue weighted by Crippen LogP contribution is 2.29. The summed E-state index contributed by atoms with van der Waals surface area (Å²) in [5, 5.41) is 14.2. The molecule has 1 aromatic carbocycles. The Bertz CT molecular complexity index is 396. The highest BCUT2D eigenvalue weighted by Gasteiger charge is 2.16. The van der Waals surface area contributed by atoms with Crippen LogP contribution in [0.4, 0.5) is 11.4 Å². The average Bonchev–Trinajstić information content (AvgIpc) is 2.30. The van der Waals surface area contributed by atoms with Crippen molar-refractivity contribution in [3.05, 3.63) is 32.8 Å². The molecule has 0 fully saturated rings. The number of nitro groups is 1. The Morgan fingerprint density at radius 3 is 2.71 bits per heavy atom. The first-order valence-corrected chi connectivity index (χ1v) is 6.58. The van der Waals surface area contributed by atoms with E-state index in [2.05, 4.69) is 35.1 Å². The molecule has 5 heteroatoms. The lowest BCUT2D eigenvalue weighted by molar-refractivity contribution is -0.384. The van der Waals surface area contributed by atoms with Crippen LogP contribution < -0.4 is 5.32 Å². The molecule has 17 heavy (non-hydrogen) atoms. The Morgan fingerprint density at radius 2 is 2.18 bits per heavy atom. The van der Waals surface area contributed by atoms with Crippen LogP contribution in [0.1, 0.15) is 33.1 Å². The fourth-order valence-electron chi connectivity index (χ4n) is 1.72. The van der Waals surface area contributed by atoms with Gasteiger partial charge in [0.05, 0.1) is 4.92 Å². The normalized spacial score (nSPS) is 12.2. The number of halogens is 1. The summed E-state index contributed by atoms with van der Waals surface area (Å²) in [4.78, 5) is 10.6. The first kappa shape index (κ1) is 14.0. The van der Waals surface area contributed by atoms with Crippen molar-refractivity contribution in [1.29, 1.82) is 0 Å². The molecule has 0 amide bonds. The maximum absolute atomic E-state index is 10.9. The number of hydrogen-bond acceptors (Lipinski definition) is 3. The van der Waals surface area contributed by atoms with Gasteiger partial charge in [0, 0.05) is 16.6 Å². The first-order chi connectivity index (χ1) is 8.08. The molecule has 0 saturated heterocycles. The Kier molecular flexibility index (Phi) is 5.41. The van der Waals surface area contributed by atoms with E-state index in [0.717, 1.165) is 23.7 Å². The highest BCUT2D eigenvalue weighted by atomic mass is 79.9. The number of nitrogens with one attached hydrogen (secondary N) is 1. The lowest BCUT2D eigenvalue weighted by Gasteiger charge is -2.17. The summed E-state index contributed by atoms with van der Waals surface area (Å²) in [6.45, 7) is 4.19. The molecule has 94 valence electrons. The molecular weight excluding hydrogens is 284 g/mol. The van der Waals surface area contributed by atoms with Crippen LogP contribution >= 0.6 is 15.9 Å². The fourth-order valence-corrected chi connectivity index (χ4v) is 2.07. The molecule has 4 nitrogen and oxygen atoms in total. The molecule has 0 saturated carbocycles. The van der Waals surface area contributed by atoms with Crippen LogP contribution in [0.25, 0.3) is 0 Å². The van der Waals surface area contributed by atoms with Crippen molar-refractivity contribution in [2.75, 3.05) is 5.32 Å². The van der Waals surface area contributed by atoms with Gasteiger partial charge in [-0.15, -0.1) is 0 Å². The Balaban J connectivity index is 2.92. The lowest BCUT2D eigenvalue weighted by atomic mass is 10.1. The largest absolute Gasteiger partial charge is 0.377 e. The first-order valence-electron chi connectivity index (χ1n) is 5.79. The molecule has 0 heterocycles. The molecule has 0 aliphatic carbocycles. The number of nitrogens with zero attached hydrogens (tertiary/aromatic N) is 1. The summed E-state index contributed by atoms with van der Waals surface area (Å²) in [6.07, 6.45) is 3.04. The number of rotatable bonds is 6. The lowest BCUT2D eigenvalue weighted by Crippen LogP contribution is -2.18. The summed E-state index contributed by atoms with van der Waals surface area (Å²) < 4.78 is 0.721. The van der Waals surface area contributed by atoms with Gasteiger partial charge in [-0.05, 0) is 25.0 Å². The van der Waals surface area contributed by atoms with Gasteiger partial charge in [0.2, 0.25) is 0 Å². The van der Waals surface area contributed by atoms with Crippen LogP contribution in [0.3, 0.4) is 0 Å². The molecule has 1 atom stereocenters. The number of benzene rings is 1. The summed E-state index contributed by atoms with van der Waals surface area (Å²) >= 11 is 3.25. The second-order valence-corrected chi connectivity index (χ2v) is 4.87. The monoisotopic (exact) mass is 300 g/mol. The van der Waals surface area contributed by atoms with Crippen LogP contribution in [0.5, 0.6) is 0 Å². The molecule has 0 bridgehead atoms. The molecule has 0 aliphatic rings. The smallest absolute Gasteiger partial charge is 0.293 e. The van der Waals surface area contributed by atoms with Crippen LogP contribution in [0.2, 0.25) is 0 Å². The molecule has 1 rings (SSSR count). The molecular formula is C12H17BrN2O2. The molecule has 0 radical (unpaired) electrons. The quantitative estimate of drug-likeness (QED) is 0.628. The van der Waals surface area contributed by atoms with E-state index in [1.54, 1.807) is 6.07 Å². The van der Waals surface area contributed by atoms with Crippen molar-refractivity contribution in [2.24, 2.45) is 0 Å². The van der Waals surface area contributed by atoms with Crippen LogP contribution in [-0.2, 0) is 0 Å². The standard InChI is InChI=1S/C12H17BrN2O2/c1-3-5-10(4-2)14-11-7-6-9(13)8-12(11)15(16)17/h6-8,10,14H,3-5H2,1-2H3. The van der Waals surface area contributed by atoms with Crippen molar-refractivity contribution in [3.8, 4) is 0 Å². The molecule has 0 aliphatic heterocycles. The third-order valence-electron chi connectivity index (χ3n) is 2.65. The van der Waals surface area contributed by atoms with E-state index in [4.69, 9.17) is 0 Å². The Labute approximate surface area is 110 Å². The maximum atomic E-state index is 10.9. The van der Waals surface area contributed by atoms with Gasteiger partial charge < -0.3 is 5.32 Å². The average molecular weight is 301 g/mol. The van der Waals surface area contributed by atoms with E-state index in [1.165, 1.54) is 6.07 Å². The third kappa shape index (κ3) is 4.00. The molecule has 0 spiro atoms. The van der Waals surface area contributed by atoms with E-state index in [-0.39, 0.29) is 10.6 Å². The minimum Gasteiger partial charge on any atom is -0.377 e. The van der Waals surface area contributed by atoms with E-state index in [1.807, 2.05) is 6.07 Å². The van der Waals surface area contributed by atoms with E-state index < -0.39 is 0 Å². The van der Waals surface area contributed by atoms with E-state index >= 15 is 0 Å². The minimum atomic E-state index is -0.355. The van der Waals surface area contributed by atoms with Gasteiger partial charge in [0.15, 0.2) is 0 Å². The van der Waals surface area contributed by atoms with Crippen molar-refractivity contribution >= 4 is 27.3 Å². The molecule has 0 aromatic heterocycles. The second-order valence-electron chi connectivity index (χ2n) is 3.96. The van der Waals surface area contributed by atoms with Gasteiger partial charge >= 0.3 is 0 Å². The minimum absolute atomic E-state index is 0.119. The van der Waals surface area contributed by atoms with Crippen molar-refractivity contribution in [3.63, 3.8) is 0 Å². The van der Waals surface area contributed by atoms with Crippen molar-refractivity contribution in [1.82, 2.24) is 0 Å². The molecule has 1 aromatic rings. The topological polar surface area (TPSA) is 55.2 Å². The maximum Gasteiger partial charge on any atom is 0.293 e. The van der Waals surface area contributed by atoms with Crippen LogP contribution in [0, 0.1) is 10.1 Å². The zero-order valence-electron chi connectivity index (χ0n) is 10.1. The summed E-state index contributed by atoms with van der Waals surface area (Å²) in [5.74, 6) is 0. The summed E-state index contributed by atoms with van der Waals surface area (Å²) in [6, 6.07) is 5.38. The van der Waals surface area contributed by atoms with E-state index in [0.29, 0.717) is 11.7 Å². The fraction of sp³-hybridized carbons (Fsp3) is 0.500. The summed E-state index contributed by atoms with van der Waals surface area (Å²) in [5.41, 5.74) is 0.715. The second kappa shape index (κ2) is 6.59. The van der Waals surface area contributed by atoms with Crippen LogP contribution in [0.15, 0.2) is 22.7 Å². The Hall–Kier alpha value is -1.10. The van der Waals surface area contributed by atoms with Gasteiger partial charge in [0.25, 0.3) is 5.69 Å². The van der Waals surface area contributed by atoms with Gasteiger partial charge in [-0.2, -0.15) is 0 Å². The highest BCUT2D eigenvalue weighted by molar-refractivity contribution is 9.10. The zero-order chi connectivity index (χ0) is 12.8. The van der Waals surface area contributed by atoms with Gasteiger partial charge in [-0.1, -0.05) is 36.2 Å². The Morgan fingerprint density at radius 1 is 1.47 bits per heavy atom. The van der Waals surface area contributed by atoms with Crippen molar-refractivity contribution < 1.29 is 4.92 Å². The number of anilines is 1. The number of hydrogen-bond donors (Lipinski definition) is 1. The van der Waals surface area contributed by atoms with Gasteiger partial charge in [-0.25, -0.2) is 0 Å². The predicted molar refractivity (Wildman–Crippen MR) is 73.4 cm³/mol. The third-order valence-corrected chi connectivity index (χ3v) is 3.14. The predicted octanol–water partition coefficient (Wildman–Crippen LogP) is 4.35. The van der Waals surface area contributed by atoms with E-state index in [9.17, 15) is 10.1 Å². The van der Waals surface area contributed by atoms with Crippen LogP contribution in [-0.4, -0.2) is 11.0 Å². The molecule has 1 N–H and O–H groups in total. The van der Waals surface area contributed by atoms with Gasteiger partial charge in [0.1, 0.15) is 5.69 Å². The zero-order valence-corrected chi connectivity index (χ0v) is 11.7. The van der Waals surface area contributed by atoms with Gasteiger partial charge in [-0.3, -0.25) is 10.1 Å². The molecule has 1 unspecified atom stereocenters.